The third kappa shape index (κ3) is 2.23. The first kappa shape index (κ1) is 10.3. The van der Waals surface area contributed by atoms with Gasteiger partial charge in [-0.05, 0) is 31.5 Å². The van der Waals surface area contributed by atoms with Gasteiger partial charge in [0, 0.05) is 6.04 Å². The van der Waals surface area contributed by atoms with E-state index in [0.717, 1.165) is 24.5 Å². The second-order valence-electron chi connectivity index (χ2n) is 3.81. The van der Waals surface area contributed by atoms with Gasteiger partial charge in [-0.1, -0.05) is 19.1 Å². The van der Waals surface area contributed by atoms with Crippen molar-refractivity contribution in [2.75, 3.05) is 13.3 Å². The van der Waals surface area contributed by atoms with Crippen molar-refractivity contribution in [3.63, 3.8) is 0 Å². The van der Waals surface area contributed by atoms with Crippen LogP contribution in [0, 0.1) is 0 Å². The summed E-state index contributed by atoms with van der Waals surface area (Å²) in [4.78, 5) is 0. The van der Waals surface area contributed by atoms with Crippen molar-refractivity contribution >= 4 is 0 Å². The zero-order chi connectivity index (χ0) is 10.7. The Labute approximate surface area is 90.4 Å². The molecule has 1 aliphatic heterocycles. The molecule has 3 heteroatoms. The van der Waals surface area contributed by atoms with Crippen LogP contribution in [0.5, 0.6) is 11.5 Å². The second-order valence-corrected chi connectivity index (χ2v) is 3.81. The maximum absolute atomic E-state index is 5.46. The van der Waals surface area contributed by atoms with Gasteiger partial charge in [-0.2, -0.15) is 0 Å². The normalized spacial score (nSPS) is 15.3. The molecular formula is C12H17NO2. The number of ether oxygens (including phenoxy) is 2. The molecule has 2 rings (SSSR count). The van der Waals surface area contributed by atoms with Gasteiger partial charge >= 0.3 is 0 Å². The van der Waals surface area contributed by atoms with E-state index in [4.69, 9.17) is 9.47 Å². The molecule has 0 saturated carbocycles. The molecule has 0 fully saturated rings. The Balaban J connectivity index is 2.11. The summed E-state index contributed by atoms with van der Waals surface area (Å²) in [5.41, 5.74) is 1.22. The van der Waals surface area contributed by atoms with Gasteiger partial charge in [-0.15, -0.1) is 0 Å². The molecule has 1 aromatic rings. The number of fused-ring (bicyclic) bond motifs is 1. The van der Waals surface area contributed by atoms with E-state index >= 15 is 0 Å². The minimum absolute atomic E-state index is 0.349. The van der Waals surface area contributed by atoms with Crippen LogP contribution in [0.2, 0.25) is 0 Å². The lowest BCUT2D eigenvalue weighted by molar-refractivity contribution is 0.173. The van der Waals surface area contributed by atoms with Crippen LogP contribution in [0.4, 0.5) is 0 Å². The average molecular weight is 207 g/mol. The van der Waals surface area contributed by atoms with Gasteiger partial charge in [-0.3, -0.25) is 0 Å². The maximum Gasteiger partial charge on any atom is 0.231 e. The topological polar surface area (TPSA) is 30.5 Å². The van der Waals surface area contributed by atoms with Crippen LogP contribution >= 0.6 is 0 Å². The Kier molecular flexibility index (Phi) is 3.11. The zero-order valence-electron chi connectivity index (χ0n) is 9.25. The Morgan fingerprint density at radius 3 is 3.07 bits per heavy atom. The molecule has 3 nitrogen and oxygen atoms in total. The first-order chi connectivity index (χ1) is 7.31. The highest BCUT2D eigenvalue weighted by molar-refractivity contribution is 5.48. The highest BCUT2D eigenvalue weighted by Crippen LogP contribution is 2.35. The molecule has 1 unspecified atom stereocenters. The number of rotatable bonds is 4. The third-order valence-corrected chi connectivity index (χ3v) is 2.56. The minimum Gasteiger partial charge on any atom is -0.454 e. The third-order valence-electron chi connectivity index (χ3n) is 2.56. The molecule has 0 radical (unpaired) electrons. The maximum atomic E-state index is 5.46. The van der Waals surface area contributed by atoms with Crippen LogP contribution in [-0.4, -0.2) is 19.4 Å². The average Bonchev–Trinajstić information content (AvgIpc) is 2.67. The van der Waals surface area contributed by atoms with Crippen molar-refractivity contribution < 1.29 is 9.47 Å². The van der Waals surface area contributed by atoms with Crippen molar-refractivity contribution in [3.05, 3.63) is 23.8 Å². The number of para-hydroxylation sites is 1. The molecule has 0 aliphatic carbocycles. The lowest BCUT2D eigenvalue weighted by atomic mass is 10.1. The lowest BCUT2D eigenvalue weighted by Crippen LogP contribution is -2.27. The van der Waals surface area contributed by atoms with Crippen LogP contribution in [0.1, 0.15) is 19.4 Å². The van der Waals surface area contributed by atoms with Crippen LogP contribution in [0.3, 0.4) is 0 Å². The molecule has 0 aromatic heterocycles. The highest BCUT2D eigenvalue weighted by atomic mass is 16.7. The quantitative estimate of drug-likeness (QED) is 0.818. The second kappa shape index (κ2) is 4.53. The number of nitrogens with one attached hydrogen (secondary N) is 1. The Bertz CT molecular complexity index is 338. The predicted octanol–water partition coefficient (Wildman–Crippen LogP) is 1.96. The van der Waals surface area contributed by atoms with Crippen LogP contribution in [0.15, 0.2) is 18.2 Å². The van der Waals surface area contributed by atoms with Crippen molar-refractivity contribution in [2.45, 2.75) is 26.3 Å². The number of hydrogen-bond donors (Lipinski definition) is 1. The van der Waals surface area contributed by atoms with Gasteiger partial charge in [0.05, 0.1) is 0 Å². The summed E-state index contributed by atoms with van der Waals surface area (Å²) in [7, 11) is 0. The lowest BCUT2D eigenvalue weighted by Gasteiger charge is -2.13. The largest absolute Gasteiger partial charge is 0.454 e. The SMILES string of the molecule is CCNC(C)Cc1cccc2c1OCO2. The van der Waals surface area contributed by atoms with E-state index in [1.54, 1.807) is 0 Å². The van der Waals surface area contributed by atoms with E-state index in [-0.39, 0.29) is 0 Å². The van der Waals surface area contributed by atoms with Crippen molar-refractivity contribution in [1.82, 2.24) is 5.32 Å². The fourth-order valence-corrected chi connectivity index (χ4v) is 1.90. The molecule has 0 saturated heterocycles. The molecular weight excluding hydrogens is 190 g/mol. The molecule has 0 spiro atoms. The molecule has 0 amide bonds. The highest BCUT2D eigenvalue weighted by Gasteiger charge is 2.17. The summed E-state index contributed by atoms with van der Waals surface area (Å²) >= 11 is 0. The summed E-state index contributed by atoms with van der Waals surface area (Å²) in [6.07, 6.45) is 0.973. The molecule has 1 heterocycles. The van der Waals surface area contributed by atoms with E-state index in [1.165, 1.54) is 5.56 Å². The summed E-state index contributed by atoms with van der Waals surface area (Å²) in [5.74, 6) is 1.79. The summed E-state index contributed by atoms with van der Waals surface area (Å²) < 4.78 is 10.8. The molecule has 1 N–H and O–H groups in total. The molecule has 15 heavy (non-hydrogen) atoms. The van der Waals surface area contributed by atoms with Crippen molar-refractivity contribution in [3.8, 4) is 11.5 Å². The van der Waals surface area contributed by atoms with Gasteiger partial charge in [0.15, 0.2) is 11.5 Å². The Hall–Kier alpha value is -1.22. The first-order valence-electron chi connectivity index (χ1n) is 5.42. The molecule has 82 valence electrons. The van der Waals surface area contributed by atoms with Gasteiger partial charge in [-0.25, -0.2) is 0 Å². The molecule has 1 aromatic carbocycles. The minimum atomic E-state index is 0.349. The van der Waals surface area contributed by atoms with E-state index in [2.05, 4.69) is 25.2 Å². The van der Waals surface area contributed by atoms with E-state index in [1.807, 2.05) is 12.1 Å². The van der Waals surface area contributed by atoms with Crippen LogP contribution in [-0.2, 0) is 6.42 Å². The van der Waals surface area contributed by atoms with Gasteiger partial charge in [0.2, 0.25) is 6.79 Å². The van der Waals surface area contributed by atoms with Gasteiger partial charge in [0.25, 0.3) is 0 Å². The zero-order valence-corrected chi connectivity index (χ0v) is 9.25. The number of hydrogen-bond acceptors (Lipinski definition) is 3. The summed E-state index contributed by atoms with van der Waals surface area (Å²) in [6, 6.07) is 6.53. The molecule has 1 aliphatic rings. The van der Waals surface area contributed by atoms with Gasteiger partial charge in [0.1, 0.15) is 0 Å². The predicted molar refractivity (Wildman–Crippen MR) is 59.4 cm³/mol. The molecule has 1 atom stereocenters. The van der Waals surface area contributed by atoms with Crippen LogP contribution in [0.25, 0.3) is 0 Å². The van der Waals surface area contributed by atoms with E-state index < -0.39 is 0 Å². The standard InChI is InChI=1S/C12H17NO2/c1-3-13-9(2)7-10-5-4-6-11-12(10)15-8-14-11/h4-6,9,13H,3,7-8H2,1-2H3. The fraction of sp³-hybridized carbons (Fsp3) is 0.500. The van der Waals surface area contributed by atoms with Crippen LogP contribution < -0.4 is 14.8 Å². The van der Waals surface area contributed by atoms with E-state index in [0.29, 0.717) is 12.8 Å². The molecule has 0 bridgehead atoms. The number of benzene rings is 1. The summed E-state index contributed by atoms with van der Waals surface area (Å²) in [6.45, 7) is 5.64. The van der Waals surface area contributed by atoms with E-state index in [9.17, 15) is 0 Å². The van der Waals surface area contributed by atoms with Gasteiger partial charge < -0.3 is 14.8 Å². The monoisotopic (exact) mass is 207 g/mol. The Morgan fingerprint density at radius 1 is 1.40 bits per heavy atom. The Morgan fingerprint density at radius 2 is 2.27 bits per heavy atom. The summed E-state index contributed by atoms with van der Waals surface area (Å²) in [5, 5.41) is 3.39. The van der Waals surface area contributed by atoms with Crippen molar-refractivity contribution in [2.24, 2.45) is 0 Å². The number of likely N-dealkylation sites (N-methyl/N-ethyl adjacent to an activating group) is 1. The van der Waals surface area contributed by atoms with Crippen molar-refractivity contribution in [1.29, 1.82) is 0 Å². The smallest absolute Gasteiger partial charge is 0.231 e. The first-order valence-corrected chi connectivity index (χ1v) is 5.42. The fourth-order valence-electron chi connectivity index (χ4n) is 1.90.